The maximum atomic E-state index is 12.6. The lowest BCUT2D eigenvalue weighted by Gasteiger charge is -2.45. The van der Waals surface area contributed by atoms with Crippen LogP contribution in [0.5, 0.6) is 0 Å². The molecule has 1 aromatic carbocycles. The zero-order chi connectivity index (χ0) is 30.0. The highest BCUT2D eigenvalue weighted by Crippen LogP contribution is 2.60. The van der Waals surface area contributed by atoms with E-state index in [0.717, 1.165) is 43.2 Å². The third-order valence-electron chi connectivity index (χ3n) is 10.8. The molecule has 3 N–H and O–H groups in total. The molecule has 0 spiro atoms. The Labute approximate surface area is 250 Å². The van der Waals surface area contributed by atoms with Gasteiger partial charge in [0, 0.05) is 25.2 Å². The molecule has 1 saturated heterocycles. The number of fused-ring (bicyclic) bond motifs is 1. The van der Waals surface area contributed by atoms with Gasteiger partial charge in [-0.2, -0.15) is 0 Å². The summed E-state index contributed by atoms with van der Waals surface area (Å²) in [5.74, 6) is 1.07. The molecule has 1 aromatic rings. The van der Waals surface area contributed by atoms with Gasteiger partial charge in [-0.15, -0.1) is 0 Å². The van der Waals surface area contributed by atoms with E-state index >= 15 is 0 Å². The van der Waals surface area contributed by atoms with Gasteiger partial charge in [-0.3, -0.25) is 0 Å². The number of cyclic esters (lactones) is 1. The first-order valence-corrected chi connectivity index (χ1v) is 15.8. The molecule has 0 bridgehead atoms. The number of hydrogen-bond acceptors (Lipinski definition) is 6. The number of ether oxygens (including phenoxy) is 2. The lowest BCUT2D eigenvalue weighted by atomic mass is 9.60. The minimum absolute atomic E-state index is 0.0102. The molecule has 228 valence electrons. The lowest BCUT2D eigenvalue weighted by molar-refractivity contribution is -0.139. The molecule has 5 rings (SSSR count). The Kier molecular flexibility index (Phi) is 9.58. The van der Waals surface area contributed by atoms with Crippen molar-refractivity contribution in [2.45, 2.75) is 95.5 Å². The molecule has 1 unspecified atom stereocenters. The molecule has 0 amide bonds. The number of aliphatic hydroxyl groups excluding tert-OH is 3. The standard InChI is InChI=1S/C36H48O6/c1-22(20-31-32(24(3)35(40)42-31)26-10-6-5-7-11-26)28-15-16-29-25(12-8-17-36(28,29)4)13-14-27-21-30(38)34(33(39)23(27)2)41-19-9-18-37/h5-7,10-11,13-14,22,28-34,37-39H,2-3,8-9,12,15-21H2,1,4H3/b25-13+,27-14-/t22-,28-,29?,30-,31-,32-,33-,34+,36-/m1/s1. The maximum absolute atomic E-state index is 12.6. The van der Waals surface area contributed by atoms with E-state index in [1.807, 2.05) is 18.2 Å². The number of hydrogen-bond donors (Lipinski definition) is 3. The van der Waals surface area contributed by atoms with E-state index in [9.17, 15) is 15.0 Å². The van der Waals surface area contributed by atoms with Crippen molar-refractivity contribution in [3.63, 3.8) is 0 Å². The monoisotopic (exact) mass is 576 g/mol. The molecule has 3 aliphatic carbocycles. The smallest absolute Gasteiger partial charge is 0.334 e. The lowest BCUT2D eigenvalue weighted by Crippen LogP contribution is -2.45. The van der Waals surface area contributed by atoms with Crippen LogP contribution in [0.2, 0.25) is 0 Å². The van der Waals surface area contributed by atoms with Gasteiger partial charge < -0.3 is 24.8 Å². The number of esters is 1. The van der Waals surface area contributed by atoms with Crippen LogP contribution in [0, 0.1) is 23.2 Å². The van der Waals surface area contributed by atoms with Crippen molar-refractivity contribution in [1.29, 1.82) is 0 Å². The van der Waals surface area contributed by atoms with Crippen LogP contribution in [-0.2, 0) is 14.3 Å². The van der Waals surface area contributed by atoms with Crippen LogP contribution in [0.1, 0.15) is 76.7 Å². The number of allylic oxidation sites excluding steroid dienone is 3. The van der Waals surface area contributed by atoms with E-state index in [1.54, 1.807) is 0 Å². The van der Waals surface area contributed by atoms with Crippen LogP contribution in [0.3, 0.4) is 0 Å². The average molecular weight is 577 g/mol. The fourth-order valence-corrected chi connectivity index (χ4v) is 8.58. The van der Waals surface area contributed by atoms with Crippen molar-refractivity contribution in [2.75, 3.05) is 13.2 Å². The van der Waals surface area contributed by atoms with Crippen LogP contribution < -0.4 is 0 Å². The SMILES string of the molecule is C=C1/C(=C\C=C2/CCC[C@@]3(C)C2CC[C@@H]3[C@H](C)C[C@H]2OC(=O)C(=C)[C@@H]2c2ccccc2)C[C@@H](O)[C@H](OCCCO)[C@@H]1O. The zero-order valence-corrected chi connectivity index (χ0v) is 25.2. The molecule has 4 fully saturated rings. The van der Waals surface area contributed by atoms with E-state index in [1.165, 1.54) is 12.0 Å². The average Bonchev–Trinajstić information content (AvgIpc) is 3.47. The molecule has 4 aliphatic rings. The van der Waals surface area contributed by atoms with Crippen LogP contribution in [0.4, 0.5) is 0 Å². The third kappa shape index (κ3) is 5.96. The molecule has 1 heterocycles. The Morgan fingerprint density at radius 2 is 1.90 bits per heavy atom. The minimum atomic E-state index is -0.967. The van der Waals surface area contributed by atoms with Crippen LogP contribution in [0.25, 0.3) is 0 Å². The topological polar surface area (TPSA) is 96.2 Å². The largest absolute Gasteiger partial charge is 0.458 e. The molecule has 42 heavy (non-hydrogen) atoms. The molecular formula is C36H48O6. The van der Waals surface area contributed by atoms with Gasteiger partial charge in [0.15, 0.2) is 0 Å². The van der Waals surface area contributed by atoms with E-state index in [2.05, 4.69) is 51.3 Å². The van der Waals surface area contributed by atoms with E-state index < -0.39 is 18.3 Å². The quantitative estimate of drug-likeness (QED) is 0.196. The van der Waals surface area contributed by atoms with Crippen molar-refractivity contribution in [3.05, 3.63) is 83.5 Å². The van der Waals surface area contributed by atoms with Crippen molar-refractivity contribution < 1.29 is 29.6 Å². The van der Waals surface area contributed by atoms with Crippen molar-refractivity contribution >= 4 is 5.97 Å². The summed E-state index contributed by atoms with van der Waals surface area (Å²) in [5, 5.41) is 30.5. The Hall–Kier alpha value is -2.51. The molecule has 6 nitrogen and oxygen atoms in total. The second kappa shape index (κ2) is 13.0. The number of benzene rings is 1. The van der Waals surface area contributed by atoms with E-state index in [-0.39, 0.29) is 36.6 Å². The molecular weight excluding hydrogens is 528 g/mol. The first kappa shape index (κ1) is 30.9. The molecule has 0 radical (unpaired) electrons. The highest BCUT2D eigenvalue weighted by atomic mass is 16.6. The normalized spacial score (nSPS) is 37.7. The van der Waals surface area contributed by atoms with Crippen molar-refractivity contribution in [3.8, 4) is 0 Å². The summed E-state index contributed by atoms with van der Waals surface area (Å²) in [4.78, 5) is 12.6. The number of rotatable bonds is 9. The third-order valence-corrected chi connectivity index (χ3v) is 10.8. The van der Waals surface area contributed by atoms with E-state index in [4.69, 9.17) is 14.6 Å². The first-order chi connectivity index (χ1) is 20.2. The number of carbonyl (C=O) groups excluding carboxylic acids is 1. The predicted molar refractivity (Wildman–Crippen MR) is 164 cm³/mol. The highest BCUT2D eigenvalue weighted by Gasteiger charge is 2.52. The van der Waals surface area contributed by atoms with Gasteiger partial charge in [0.05, 0.1) is 12.0 Å². The summed E-state index contributed by atoms with van der Waals surface area (Å²) in [5.41, 5.74) is 4.76. The molecule has 6 heteroatoms. The van der Waals surface area contributed by atoms with Crippen LogP contribution in [0.15, 0.2) is 77.9 Å². The first-order valence-electron chi connectivity index (χ1n) is 15.8. The number of carbonyl (C=O) groups is 1. The van der Waals surface area contributed by atoms with Crippen molar-refractivity contribution in [1.82, 2.24) is 0 Å². The summed E-state index contributed by atoms with van der Waals surface area (Å²) >= 11 is 0. The minimum Gasteiger partial charge on any atom is -0.458 e. The molecule has 1 aliphatic heterocycles. The number of aliphatic hydroxyl groups is 3. The van der Waals surface area contributed by atoms with Crippen LogP contribution >= 0.6 is 0 Å². The van der Waals surface area contributed by atoms with E-state index in [0.29, 0.717) is 41.7 Å². The predicted octanol–water partition coefficient (Wildman–Crippen LogP) is 5.80. The van der Waals surface area contributed by atoms with Gasteiger partial charge in [0.2, 0.25) is 0 Å². The Morgan fingerprint density at radius 1 is 1.14 bits per heavy atom. The van der Waals surface area contributed by atoms with Gasteiger partial charge in [-0.25, -0.2) is 4.79 Å². The molecule has 9 atom stereocenters. The Morgan fingerprint density at radius 3 is 2.64 bits per heavy atom. The van der Waals surface area contributed by atoms with Crippen molar-refractivity contribution in [2.24, 2.45) is 23.2 Å². The Balaban J connectivity index is 1.28. The summed E-state index contributed by atoms with van der Waals surface area (Å²) in [6, 6.07) is 10.1. The molecule has 3 saturated carbocycles. The fraction of sp³-hybridized carbons (Fsp3) is 0.583. The maximum Gasteiger partial charge on any atom is 0.334 e. The summed E-state index contributed by atoms with van der Waals surface area (Å²) in [6.07, 6.45) is 8.99. The fourth-order valence-electron chi connectivity index (χ4n) is 8.58. The second-order valence-electron chi connectivity index (χ2n) is 13.3. The summed E-state index contributed by atoms with van der Waals surface area (Å²) in [6.45, 7) is 13.3. The van der Waals surface area contributed by atoms with Crippen LogP contribution in [-0.4, -0.2) is 58.9 Å². The van der Waals surface area contributed by atoms with Gasteiger partial charge >= 0.3 is 5.97 Å². The van der Waals surface area contributed by atoms with Gasteiger partial charge in [0.1, 0.15) is 18.3 Å². The highest BCUT2D eigenvalue weighted by molar-refractivity contribution is 5.92. The summed E-state index contributed by atoms with van der Waals surface area (Å²) < 4.78 is 11.6. The molecule has 0 aromatic heterocycles. The zero-order valence-electron chi connectivity index (χ0n) is 25.2. The Bertz CT molecular complexity index is 1220. The van der Waals surface area contributed by atoms with Gasteiger partial charge in [-0.05, 0) is 84.8 Å². The van der Waals surface area contributed by atoms with Gasteiger partial charge in [0.25, 0.3) is 0 Å². The van der Waals surface area contributed by atoms with Gasteiger partial charge in [-0.1, -0.05) is 75.1 Å². The summed E-state index contributed by atoms with van der Waals surface area (Å²) in [7, 11) is 0. The second-order valence-corrected chi connectivity index (χ2v) is 13.3.